The maximum absolute atomic E-state index is 10.6. The van der Waals surface area contributed by atoms with Crippen LogP contribution in [0.15, 0.2) is 12.1 Å². The van der Waals surface area contributed by atoms with E-state index in [1.165, 1.54) is 0 Å². The molecule has 1 aromatic carbocycles. The van der Waals surface area contributed by atoms with E-state index in [1.807, 2.05) is 0 Å². The predicted octanol–water partition coefficient (Wildman–Crippen LogP) is 1.05. The van der Waals surface area contributed by atoms with Crippen LogP contribution in [0.1, 0.15) is 5.56 Å². The number of benzene rings is 1. The molecule has 0 bridgehead atoms. The summed E-state index contributed by atoms with van der Waals surface area (Å²) in [7, 11) is 0. The number of hydrogen-bond acceptors (Lipinski definition) is 3. The number of rotatable bonds is 1. The van der Waals surface area contributed by atoms with Gasteiger partial charge in [-0.1, -0.05) is 29.3 Å². The van der Waals surface area contributed by atoms with Crippen molar-refractivity contribution in [3.8, 4) is 5.75 Å². The standard InChI is InChI=1S/C9H6Cl2O3/c10-5-2-1-4-3-6(9(12)13)14-8(4)7(5)11/h1-2,6H,3H2,(H,12,13)/p-1. The molecule has 14 heavy (non-hydrogen) atoms. The van der Waals surface area contributed by atoms with Crippen LogP contribution in [0.25, 0.3) is 0 Å². The lowest BCUT2D eigenvalue weighted by molar-refractivity contribution is -0.312. The monoisotopic (exact) mass is 231 g/mol. The lowest BCUT2D eigenvalue weighted by Gasteiger charge is -2.11. The Bertz CT molecular complexity index is 403. The van der Waals surface area contributed by atoms with Crippen molar-refractivity contribution in [1.82, 2.24) is 0 Å². The van der Waals surface area contributed by atoms with E-state index in [0.717, 1.165) is 5.56 Å². The third-order valence-corrected chi connectivity index (χ3v) is 2.85. The minimum atomic E-state index is -1.24. The third kappa shape index (κ3) is 1.42. The van der Waals surface area contributed by atoms with Crippen LogP contribution in [0.3, 0.4) is 0 Å². The molecule has 3 nitrogen and oxygen atoms in total. The number of carbonyl (C=O) groups is 1. The molecule has 0 spiro atoms. The topological polar surface area (TPSA) is 49.4 Å². The molecule has 0 N–H and O–H groups in total. The van der Waals surface area contributed by atoms with Gasteiger partial charge in [0.15, 0.2) is 0 Å². The first-order chi connectivity index (χ1) is 6.59. The number of carbonyl (C=O) groups excluding carboxylic acids is 1. The summed E-state index contributed by atoms with van der Waals surface area (Å²) < 4.78 is 5.10. The molecule has 1 unspecified atom stereocenters. The highest BCUT2D eigenvalue weighted by Crippen LogP contribution is 2.39. The van der Waals surface area contributed by atoms with E-state index in [-0.39, 0.29) is 11.4 Å². The zero-order valence-corrected chi connectivity index (χ0v) is 8.43. The Morgan fingerprint density at radius 1 is 1.50 bits per heavy atom. The van der Waals surface area contributed by atoms with Gasteiger partial charge in [0.25, 0.3) is 0 Å². The van der Waals surface area contributed by atoms with Crippen molar-refractivity contribution in [2.24, 2.45) is 0 Å². The third-order valence-electron chi connectivity index (χ3n) is 2.06. The van der Waals surface area contributed by atoms with Gasteiger partial charge in [-0.05, 0) is 11.6 Å². The highest BCUT2D eigenvalue weighted by atomic mass is 35.5. The van der Waals surface area contributed by atoms with E-state index in [9.17, 15) is 9.90 Å². The van der Waals surface area contributed by atoms with Crippen LogP contribution in [0.4, 0.5) is 0 Å². The fraction of sp³-hybridized carbons (Fsp3) is 0.222. The van der Waals surface area contributed by atoms with Gasteiger partial charge in [0.05, 0.1) is 11.0 Å². The molecule has 0 saturated heterocycles. The molecular weight excluding hydrogens is 227 g/mol. The number of ether oxygens (including phenoxy) is 1. The van der Waals surface area contributed by atoms with E-state index in [0.29, 0.717) is 10.8 Å². The maximum Gasteiger partial charge on any atom is 0.143 e. The van der Waals surface area contributed by atoms with Gasteiger partial charge in [0.1, 0.15) is 16.9 Å². The van der Waals surface area contributed by atoms with Gasteiger partial charge in [-0.15, -0.1) is 0 Å². The molecule has 1 aromatic rings. The fourth-order valence-corrected chi connectivity index (χ4v) is 1.75. The molecule has 0 saturated carbocycles. The number of fused-ring (bicyclic) bond motifs is 1. The smallest absolute Gasteiger partial charge is 0.143 e. The summed E-state index contributed by atoms with van der Waals surface area (Å²) in [4.78, 5) is 10.6. The normalized spacial score (nSPS) is 18.9. The molecule has 0 fully saturated rings. The Balaban J connectivity index is 2.40. The lowest BCUT2D eigenvalue weighted by Crippen LogP contribution is -2.38. The first-order valence-corrected chi connectivity index (χ1v) is 4.69. The Morgan fingerprint density at radius 3 is 2.86 bits per heavy atom. The molecular formula is C9H5Cl2O3-. The van der Waals surface area contributed by atoms with Crippen LogP contribution in [-0.2, 0) is 11.2 Å². The number of carboxylic acid groups (broad SMARTS) is 1. The molecule has 1 aliphatic heterocycles. The van der Waals surface area contributed by atoms with Gasteiger partial charge in [-0.25, -0.2) is 0 Å². The zero-order chi connectivity index (χ0) is 10.3. The summed E-state index contributed by atoms with van der Waals surface area (Å²) >= 11 is 11.6. The van der Waals surface area contributed by atoms with E-state index >= 15 is 0 Å². The average Bonchev–Trinajstić information content (AvgIpc) is 2.56. The number of halogens is 2. The second-order valence-electron chi connectivity index (χ2n) is 2.98. The molecule has 5 heteroatoms. The molecule has 0 amide bonds. The Hall–Kier alpha value is -0.930. The van der Waals surface area contributed by atoms with E-state index < -0.39 is 12.1 Å². The van der Waals surface area contributed by atoms with Crippen LogP contribution in [0, 0.1) is 0 Å². The van der Waals surface area contributed by atoms with Gasteiger partial charge < -0.3 is 14.6 Å². The van der Waals surface area contributed by atoms with E-state index in [2.05, 4.69) is 0 Å². The van der Waals surface area contributed by atoms with Crippen LogP contribution < -0.4 is 9.84 Å². The molecule has 0 radical (unpaired) electrons. The summed E-state index contributed by atoms with van der Waals surface area (Å²) in [5.41, 5.74) is 0.744. The van der Waals surface area contributed by atoms with Crippen molar-refractivity contribution < 1.29 is 14.6 Å². The first kappa shape index (κ1) is 9.62. The molecule has 1 heterocycles. The van der Waals surface area contributed by atoms with Gasteiger partial charge in [-0.2, -0.15) is 0 Å². The molecule has 1 atom stereocenters. The van der Waals surface area contributed by atoms with Crippen molar-refractivity contribution in [2.75, 3.05) is 0 Å². The second-order valence-corrected chi connectivity index (χ2v) is 3.76. The largest absolute Gasteiger partial charge is 0.546 e. The second kappa shape index (κ2) is 3.33. The number of hydrogen-bond donors (Lipinski definition) is 0. The molecule has 0 aliphatic carbocycles. The van der Waals surface area contributed by atoms with Crippen LogP contribution in [0.2, 0.25) is 10.0 Å². The Morgan fingerprint density at radius 2 is 2.21 bits per heavy atom. The molecule has 1 aliphatic rings. The fourth-order valence-electron chi connectivity index (χ4n) is 1.38. The van der Waals surface area contributed by atoms with E-state index in [1.54, 1.807) is 12.1 Å². The van der Waals surface area contributed by atoms with Crippen molar-refractivity contribution in [1.29, 1.82) is 0 Å². The predicted molar refractivity (Wildman–Crippen MR) is 49.6 cm³/mol. The SMILES string of the molecule is O=C([O-])C1Cc2ccc(Cl)c(Cl)c2O1. The zero-order valence-electron chi connectivity index (χ0n) is 6.92. The van der Waals surface area contributed by atoms with Crippen molar-refractivity contribution in [3.63, 3.8) is 0 Å². The van der Waals surface area contributed by atoms with Crippen molar-refractivity contribution in [2.45, 2.75) is 12.5 Å². The summed E-state index contributed by atoms with van der Waals surface area (Å²) in [5.74, 6) is -0.887. The molecule has 74 valence electrons. The summed E-state index contributed by atoms with van der Waals surface area (Å²) in [6, 6.07) is 3.32. The quantitative estimate of drug-likeness (QED) is 0.726. The maximum atomic E-state index is 10.6. The molecule has 0 aromatic heterocycles. The Labute approximate surface area is 90.2 Å². The lowest BCUT2D eigenvalue weighted by atomic mass is 10.1. The summed E-state index contributed by atoms with van der Waals surface area (Å²) in [6.45, 7) is 0. The van der Waals surface area contributed by atoms with Crippen molar-refractivity contribution >= 4 is 29.2 Å². The minimum absolute atomic E-state index is 0.257. The van der Waals surface area contributed by atoms with Crippen molar-refractivity contribution in [3.05, 3.63) is 27.7 Å². The minimum Gasteiger partial charge on any atom is -0.546 e. The summed E-state index contributed by atoms with van der Waals surface area (Å²) in [5, 5.41) is 11.2. The summed E-state index contributed by atoms with van der Waals surface area (Å²) in [6.07, 6.45) is -0.685. The van der Waals surface area contributed by atoms with Gasteiger partial charge in [0.2, 0.25) is 0 Å². The number of carboxylic acids is 1. The highest BCUT2D eigenvalue weighted by molar-refractivity contribution is 6.43. The number of aliphatic carboxylic acids is 1. The first-order valence-electron chi connectivity index (χ1n) is 3.94. The van der Waals surface area contributed by atoms with Crippen LogP contribution >= 0.6 is 23.2 Å². The van der Waals surface area contributed by atoms with Crippen LogP contribution in [0.5, 0.6) is 5.75 Å². The van der Waals surface area contributed by atoms with Gasteiger partial charge >= 0.3 is 0 Å². The average molecular weight is 232 g/mol. The highest BCUT2D eigenvalue weighted by Gasteiger charge is 2.26. The van der Waals surface area contributed by atoms with Gasteiger partial charge in [0, 0.05) is 6.42 Å². The molecule has 2 rings (SSSR count). The Kier molecular flexibility index (Phi) is 2.29. The van der Waals surface area contributed by atoms with Crippen LogP contribution in [-0.4, -0.2) is 12.1 Å². The van der Waals surface area contributed by atoms with Gasteiger partial charge in [-0.3, -0.25) is 0 Å². The van der Waals surface area contributed by atoms with E-state index in [4.69, 9.17) is 27.9 Å².